The maximum absolute atomic E-state index is 11.0. The van der Waals surface area contributed by atoms with Crippen LogP contribution in [0.25, 0.3) is 0 Å². The maximum atomic E-state index is 11.0. The Labute approximate surface area is 123 Å². The van der Waals surface area contributed by atoms with Crippen LogP contribution in [0, 0.1) is 0 Å². The van der Waals surface area contributed by atoms with Crippen LogP contribution < -0.4 is 5.73 Å². The van der Waals surface area contributed by atoms with Crippen LogP contribution in [0.1, 0.15) is 41.1 Å². The van der Waals surface area contributed by atoms with E-state index in [-0.39, 0.29) is 11.9 Å². The SMILES string of the molecule is NC(=O)c1noc([C@H]2CCCN2Cc2nnsc2Cl)n1. The summed E-state index contributed by atoms with van der Waals surface area (Å²) in [5, 5.41) is 7.56. The Bertz CT molecular complexity index is 629. The normalized spacial score (nSPS) is 19.6. The molecule has 1 aliphatic rings. The molecule has 2 aromatic heterocycles. The lowest BCUT2D eigenvalue weighted by Crippen LogP contribution is -2.23. The van der Waals surface area contributed by atoms with Crippen molar-refractivity contribution < 1.29 is 9.32 Å². The molecule has 0 radical (unpaired) electrons. The molecule has 1 aliphatic heterocycles. The quantitative estimate of drug-likeness (QED) is 0.896. The standard InChI is InChI=1S/C10H11ClN6O2S/c11-7-5(14-16-20-7)4-17-3-1-2-6(17)10-13-9(8(12)18)15-19-10/h6H,1-4H2,(H2,12,18)/t6-/m1/s1. The van der Waals surface area contributed by atoms with Gasteiger partial charge < -0.3 is 10.3 Å². The van der Waals surface area contributed by atoms with Crippen molar-refractivity contribution in [3.63, 3.8) is 0 Å². The summed E-state index contributed by atoms with van der Waals surface area (Å²) >= 11 is 7.17. The van der Waals surface area contributed by atoms with Gasteiger partial charge in [-0.2, -0.15) is 4.98 Å². The van der Waals surface area contributed by atoms with Gasteiger partial charge in [0.2, 0.25) is 5.89 Å². The summed E-state index contributed by atoms with van der Waals surface area (Å²) in [4.78, 5) is 17.2. The molecule has 0 unspecified atom stereocenters. The molecule has 106 valence electrons. The van der Waals surface area contributed by atoms with E-state index in [0.717, 1.165) is 36.6 Å². The first kappa shape index (κ1) is 13.4. The summed E-state index contributed by atoms with van der Waals surface area (Å²) in [7, 11) is 0. The first-order chi connectivity index (χ1) is 9.65. The molecule has 10 heteroatoms. The van der Waals surface area contributed by atoms with Crippen molar-refractivity contribution in [3.05, 3.63) is 21.7 Å². The number of carbonyl (C=O) groups is 1. The Balaban J connectivity index is 1.78. The lowest BCUT2D eigenvalue weighted by molar-refractivity contribution is 0.0987. The van der Waals surface area contributed by atoms with Crippen molar-refractivity contribution in [2.45, 2.75) is 25.4 Å². The number of nitrogens with zero attached hydrogens (tertiary/aromatic N) is 5. The zero-order valence-corrected chi connectivity index (χ0v) is 11.9. The van der Waals surface area contributed by atoms with Gasteiger partial charge in [-0.3, -0.25) is 9.69 Å². The highest BCUT2D eigenvalue weighted by atomic mass is 35.5. The van der Waals surface area contributed by atoms with Crippen LogP contribution in [0.5, 0.6) is 0 Å². The molecule has 1 fully saturated rings. The van der Waals surface area contributed by atoms with Gasteiger partial charge in [0.25, 0.3) is 11.7 Å². The minimum absolute atomic E-state index is 0.0478. The second kappa shape index (κ2) is 5.43. The van der Waals surface area contributed by atoms with Crippen LogP contribution in [0.15, 0.2) is 4.52 Å². The van der Waals surface area contributed by atoms with Crippen LogP contribution in [0.3, 0.4) is 0 Å². The molecule has 0 aliphatic carbocycles. The van der Waals surface area contributed by atoms with Crippen molar-refractivity contribution in [2.24, 2.45) is 5.73 Å². The molecule has 0 aromatic carbocycles. The number of carbonyl (C=O) groups excluding carboxylic acids is 1. The van der Waals surface area contributed by atoms with Crippen LogP contribution in [-0.2, 0) is 6.54 Å². The summed E-state index contributed by atoms with van der Waals surface area (Å²) < 4.78 is 9.51. The largest absolute Gasteiger partial charge is 0.363 e. The lowest BCUT2D eigenvalue weighted by atomic mass is 10.2. The van der Waals surface area contributed by atoms with E-state index >= 15 is 0 Å². The first-order valence-electron chi connectivity index (χ1n) is 5.99. The van der Waals surface area contributed by atoms with Crippen molar-refractivity contribution in [1.29, 1.82) is 0 Å². The summed E-state index contributed by atoms with van der Waals surface area (Å²) in [6, 6.07) is -0.0478. The van der Waals surface area contributed by atoms with Gasteiger partial charge in [0.15, 0.2) is 0 Å². The predicted octanol–water partition coefficient (Wildman–Crippen LogP) is 1.01. The minimum Gasteiger partial charge on any atom is -0.363 e. The zero-order chi connectivity index (χ0) is 14.1. The highest BCUT2D eigenvalue weighted by molar-refractivity contribution is 7.10. The molecule has 0 saturated carbocycles. The van der Waals surface area contributed by atoms with E-state index in [1.807, 2.05) is 0 Å². The van der Waals surface area contributed by atoms with Gasteiger partial charge in [-0.25, -0.2) is 0 Å². The maximum Gasteiger partial charge on any atom is 0.290 e. The zero-order valence-electron chi connectivity index (χ0n) is 10.3. The van der Waals surface area contributed by atoms with E-state index < -0.39 is 5.91 Å². The van der Waals surface area contributed by atoms with Gasteiger partial charge in [0.05, 0.1) is 6.04 Å². The lowest BCUT2D eigenvalue weighted by Gasteiger charge is -2.19. The van der Waals surface area contributed by atoms with Gasteiger partial charge >= 0.3 is 0 Å². The smallest absolute Gasteiger partial charge is 0.290 e. The Morgan fingerprint density at radius 1 is 1.60 bits per heavy atom. The number of likely N-dealkylation sites (tertiary alicyclic amines) is 1. The van der Waals surface area contributed by atoms with E-state index in [1.165, 1.54) is 0 Å². The van der Waals surface area contributed by atoms with Gasteiger partial charge in [-0.1, -0.05) is 21.2 Å². The van der Waals surface area contributed by atoms with Crippen LogP contribution in [-0.4, -0.2) is 37.1 Å². The molecule has 1 atom stereocenters. The molecule has 3 rings (SSSR count). The third kappa shape index (κ3) is 2.51. The number of hydrogen-bond acceptors (Lipinski definition) is 8. The Morgan fingerprint density at radius 3 is 3.10 bits per heavy atom. The van der Waals surface area contributed by atoms with Crippen molar-refractivity contribution in [1.82, 2.24) is 24.6 Å². The fourth-order valence-electron chi connectivity index (χ4n) is 2.25. The molecular formula is C10H11ClN6O2S. The van der Waals surface area contributed by atoms with Crippen molar-refractivity contribution in [3.8, 4) is 0 Å². The first-order valence-corrected chi connectivity index (χ1v) is 7.14. The molecule has 0 spiro atoms. The predicted molar refractivity (Wildman–Crippen MR) is 70.1 cm³/mol. The summed E-state index contributed by atoms with van der Waals surface area (Å²) in [5.41, 5.74) is 5.85. The van der Waals surface area contributed by atoms with E-state index in [2.05, 4.69) is 24.6 Å². The Hall–Kier alpha value is -1.58. The molecule has 1 saturated heterocycles. The molecule has 3 heterocycles. The average molecular weight is 315 g/mol. The monoisotopic (exact) mass is 314 g/mol. The van der Waals surface area contributed by atoms with Gasteiger partial charge in [0, 0.05) is 18.1 Å². The summed E-state index contributed by atoms with van der Waals surface area (Å²) in [5.74, 6) is -0.396. The number of primary amides is 1. The molecular weight excluding hydrogens is 304 g/mol. The molecule has 0 bridgehead atoms. The molecule has 1 amide bonds. The minimum atomic E-state index is -0.698. The number of nitrogens with two attached hydrogens (primary N) is 1. The number of aromatic nitrogens is 4. The third-order valence-electron chi connectivity index (χ3n) is 3.17. The summed E-state index contributed by atoms with van der Waals surface area (Å²) in [6.07, 6.45) is 1.86. The van der Waals surface area contributed by atoms with Crippen LogP contribution in [0.4, 0.5) is 0 Å². The average Bonchev–Trinajstić information content (AvgIpc) is 3.11. The Morgan fingerprint density at radius 2 is 2.45 bits per heavy atom. The molecule has 2 N–H and O–H groups in total. The van der Waals surface area contributed by atoms with Gasteiger partial charge in [0.1, 0.15) is 10.0 Å². The molecule has 20 heavy (non-hydrogen) atoms. The number of amides is 1. The fraction of sp³-hybridized carbons (Fsp3) is 0.500. The Kier molecular flexibility index (Phi) is 3.64. The van der Waals surface area contributed by atoms with Crippen molar-refractivity contribution in [2.75, 3.05) is 6.54 Å². The second-order valence-electron chi connectivity index (χ2n) is 4.44. The molecule has 2 aromatic rings. The highest BCUT2D eigenvalue weighted by Crippen LogP contribution is 2.33. The van der Waals surface area contributed by atoms with E-state index in [0.29, 0.717) is 16.8 Å². The highest BCUT2D eigenvalue weighted by Gasteiger charge is 2.32. The van der Waals surface area contributed by atoms with E-state index in [1.54, 1.807) is 0 Å². The van der Waals surface area contributed by atoms with Gasteiger partial charge in [-0.15, -0.1) is 5.10 Å². The van der Waals surface area contributed by atoms with Gasteiger partial charge in [-0.05, 0) is 19.4 Å². The number of halogens is 1. The topological polar surface area (TPSA) is 111 Å². The number of hydrogen-bond donors (Lipinski definition) is 1. The van der Waals surface area contributed by atoms with Crippen LogP contribution in [0.2, 0.25) is 4.34 Å². The molecule has 8 nitrogen and oxygen atoms in total. The van der Waals surface area contributed by atoms with E-state index in [9.17, 15) is 4.79 Å². The van der Waals surface area contributed by atoms with Crippen LogP contribution >= 0.6 is 23.1 Å². The van der Waals surface area contributed by atoms with E-state index in [4.69, 9.17) is 21.9 Å². The summed E-state index contributed by atoms with van der Waals surface area (Å²) in [6.45, 7) is 1.43. The fourth-order valence-corrected chi connectivity index (χ4v) is 2.86. The third-order valence-corrected chi connectivity index (χ3v) is 4.16. The van der Waals surface area contributed by atoms with Crippen molar-refractivity contribution >= 4 is 29.0 Å². The number of rotatable bonds is 4. The second-order valence-corrected chi connectivity index (χ2v) is 5.80.